The van der Waals surface area contributed by atoms with Crippen LogP contribution >= 0.6 is 0 Å². The Labute approximate surface area is 146 Å². The standard InChI is InChI=1S/C17H23N7O/c25-17(14-5-1-2-6-14)23-9-3-4-13(11-23)12-24-21-16(20-22-24)15-10-18-7-8-19-15/h7-8,10,13-14H,1-6,9,11-12H2/t13-/m0/s1. The molecule has 0 radical (unpaired) electrons. The van der Waals surface area contributed by atoms with Crippen LogP contribution in [0.3, 0.4) is 0 Å². The molecule has 0 spiro atoms. The van der Waals surface area contributed by atoms with Crippen LogP contribution in [0.5, 0.6) is 0 Å². The molecule has 3 heterocycles. The molecular weight excluding hydrogens is 318 g/mol. The van der Waals surface area contributed by atoms with E-state index in [-0.39, 0.29) is 5.92 Å². The second-order valence-electron chi connectivity index (χ2n) is 7.03. The molecule has 1 aliphatic carbocycles. The molecule has 132 valence electrons. The maximum absolute atomic E-state index is 12.6. The molecule has 0 N–H and O–H groups in total. The average molecular weight is 341 g/mol. The number of tetrazole rings is 1. The zero-order chi connectivity index (χ0) is 17.1. The summed E-state index contributed by atoms with van der Waals surface area (Å²) < 4.78 is 0. The van der Waals surface area contributed by atoms with Gasteiger partial charge < -0.3 is 4.90 Å². The quantitative estimate of drug-likeness (QED) is 0.838. The van der Waals surface area contributed by atoms with Gasteiger partial charge in [-0.2, -0.15) is 4.80 Å². The summed E-state index contributed by atoms with van der Waals surface area (Å²) in [5, 5.41) is 12.6. The van der Waals surface area contributed by atoms with Crippen LogP contribution in [-0.2, 0) is 11.3 Å². The molecular formula is C17H23N7O. The van der Waals surface area contributed by atoms with Gasteiger partial charge in [-0.05, 0) is 36.8 Å². The molecule has 0 aromatic carbocycles. The van der Waals surface area contributed by atoms with E-state index in [0.29, 0.717) is 29.9 Å². The van der Waals surface area contributed by atoms with E-state index in [2.05, 4.69) is 30.3 Å². The molecule has 2 aliphatic rings. The van der Waals surface area contributed by atoms with Gasteiger partial charge in [0.1, 0.15) is 5.69 Å². The first kappa shape index (κ1) is 16.1. The van der Waals surface area contributed by atoms with Gasteiger partial charge in [0.15, 0.2) is 0 Å². The monoisotopic (exact) mass is 341 g/mol. The van der Waals surface area contributed by atoms with E-state index in [1.165, 1.54) is 12.8 Å². The van der Waals surface area contributed by atoms with Crippen molar-refractivity contribution in [2.75, 3.05) is 13.1 Å². The third-order valence-corrected chi connectivity index (χ3v) is 5.20. The van der Waals surface area contributed by atoms with E-state index in [4.69, 9.17) is 0 Å². The van der Waals surface area contributed by atoms with Crippen molar-refractivity contribution in [3.63, 3.8) is 0 Å². The first-order chi connectivity index (χ1) is 12.3. The lowest BCUT2D eigenvalue weighted by Crippen LogP contribution is -2.43. The van der Waals surface area contributed by atoms with Gasteiger partial charge in [-0.15, -0.1) is 10.2 Å². The minimum Gasteiger partial charge on any atom is -0.342 e. The maximum atomic E-state index is 12.6. The highest BCUT2D eigenvalue weighted by Gasteiger charge is 2.31. The Kier molecular flexibility index (Phi) is 4.67. The average Bonchev–Trinajstić information content (AvgIpc) is 3.34. The summed E-state index contributed by atoms with van der Waals surface area (Å²) >= 11 is 0. The Balaban J connectivity index is 1.37. The highest BCUT2D eigenvalue weighted by molar-refractivity contribution is 5.79. The molecule has 0 unspecified atom stereocenters. The third-order valence-electron chi connectivity index (χ3n) is 5.20. The number of carbonyl (C=O) groups excluding carboxylic acids is 1. The van der Waals surface area contributed by atoms with Gasteiger partial charge in [0.05, 0.1) is 12.7 Å². The Morgan fingerprint density at radius 1 is 1.16 bits per heavy atom. The number of carbonyl (C=O) groups is 1. The van der Waals surface area contributed by atoms with E-state index >= 15 is 0 Å². The van der Waals surface area contributed by atoms with Crippen molar-refractivity contribution in [1.29, 1.82) is 0 Å². The summed E-state index contributed by atoms with van der Waals surface area (Å²) in [5.41, 5.74) is 0.621. The van der Waals surface area contributed by atoms with Gasteiger partial charge in [-0.3, -0.25) is 9.78 Å². The summed E-state index contributed by atoms with van der Waals surface area (Å²) in [5.74, 6) is 1.48. The molecule has 2 aromatic heterocycles. The van der Waals surface area contributed by atoms with Gasteiger partial charge in [-0.1, -0.05) is 12.8 Å². The summed E-state index contributed by atoms with van der Waals surface area (Å²) in [4.78, 5) is 24.6. The van der Waals surface area contributed by atoms with E-state index in [0.717, 1.165) is 38.8 Å². The zero-order valence-electron chi connectivity index (χ0n) is 14.3. The normalized spacial score (nSPS) is 21.6. The Morgan fingerprint density at radius 2 is 2.04 bits per heavy atom. The van der Waals surface area contributed by atoms with Crippen LogP contribution in [0.25, 0.3) is 11.5 Å². The van der Waals surface area contributed by atoms with Crippen molar-refractivity contribution in [1.82, 2.24) is 35.1 Å². The van der Waals surface area contributed by atoms with Crippen LogP contribution in [-0.4, -0.2) is 54.1 Å². The first-order valence-electron chi connectivity index (χ1n) is 9.12. The Morgan fingerprint density at radius 3 is 2.84 bits per heavy atom. The number of hydrogen-bond acceptors (Lipinski definition) is 6. The number of piperidine rings is 1. The minimum absolute atomic E-state index is 0.256. The van der Waals surface area contributed by atoms with Crippen molar-refractivity contribution in [2.24, 2.45) is 11.8 Å². The highest BCUT2D eigenvalue weighted by atomic mass is 16.2. The van der Waals surface area contributed by atoms with Crippen LogP contribution in [0.15, 0.2) is 18.6 Å². The Hall–Kier alpha value is -2.38. The molecule has 8 heteroatoms. The van der Waals surface area contributed by atoms with E-state index in [1.807, 2.05) is 0 Å². The zero-order valence-corrected chi connectivity index (χ0v) is 14.3. The Bertz CT molecular complexity index is 711. The number of amides is 1. The molecule has 0 bridgehead atoms. The van der Waals surface area contributed by atoms with Gasteiger partial charge >= 0.3 is 0 Å². The van der Waals surface area contributed by atoms with Gasteiger partial charge in [-0.25, -0.2) is 4.98 Å². The highest BCUT2D eigenvalue weighted by Crippen LogP contribution is 2.28. The SMILES string of the molecule is O=C(C1CCCC1)N1CCC[C@H](Cn2nnc(-c3cnccn3)n2)C1. The number of rotatable bonds is 4. The van der Waals surface area contributed by atoms with Crippen LogP contribution < -0.4 is 0 Å². The predicted molar refractivity (Wildman–Crippen MR) is 90.1 cm³/mol. The molecule has 2 aromatic rings. The molecule has 1 saturated heterocycles. The van der Waals surface area contributed by atoms with E-state index in [9.17, 15) is 4.79 Å². The lowest BCUT2D eigenvalue weighted by molar-refractivity contribution is -0.137. The van der Waals surface area contributed by atoms with Crippen molar-refractivity contribution < 1.29 is 4.79 Å². The summed E-state index contributed by atoms with van der Waals surface area (Å²) in [6, 6.07) is 0. The fourth-order valence-electron chi connectivity index (χ4n) is 3.91. The van der Waals surface area contributed by atoms with Crippen LogP contribution in [0.4, 0.5) is 0 Å². The molecule has 1 amide bonds. The van der Waals surface area contributed by atoms with Crippen molar-refractivity contribution >= 4 is 5.91 Å². The minimum atomic E-state index is 0.256. The summed E-state index contributed by atoms with van der Waals surface area (Å²) in [6.45, 7) is 2.38. The lowest BCUT2D eigenvalue weighted by Gasteiger charge is -2.34. The second kappa shape index (κ2) is 7.25. The smallest absolute Gasteiger partial charge is 0.225 e. The fourth-order valence-corrected chi connectivity index (χ4v) is 3.91. The van der Waals surface area contributed by atoms with Crippen LogP contribution in [0.2, 0.25) is 0 Å². The number of likely N-dealkylation sites (tertiary alicyclic amines) is 1. The number of aromatic nitrogens is 6. The van der Waals surface area contributed by atoms with Gasteiger partial charge in [0, 0.05) is 31.4 Å². The van der Waals surface area contributed by atoms with E-state index < -0.39 is 0 Å². The summed E-state index contributed by atoms with van der Waals surface area (Å²) in [6.07, 6.45) is 11.5. The predicted octanol–water partition coefficient (Wildman–Crippen LogP) is 1.56. The summed E-state index contributed by atoms with van der Waals surface area (Å²) in [7, 11) is 0. The van der Waals surface area contributed by atoms with E-state index in [1.54, 1.807) is 23.4 Å². The van der Waals surface area contributed by atoms with Crippen LogP contribution in [0, 0.1) is 11.8 Å². The largest absolute Gasteiger partial charge is 0.342 e. The molecule has 2 fully saturated rings. The van der Waals surface area contributed by atoms with Crippen molar-refractivity contribution in [3.05, 3.63) is 18.6 Å². The molecule has 1 saturated carbocycles. The molecule has 1 atom stereocenters. The topological polar surface area (TPSA) is 89.7 Å². The fraction of sp³-hybridized carbons (Fsp3) is 0.647. The van der Waals surface area contributed by atoms with Gasteiger partial charge in [0.25, 0.3) is 0 Å². The second-order valence-corrected chi connectivity index (χ2v) is 7.03. The molecule has 8 nitrogen and oxygen atoms in total. The third kappa shape index (κ3) is 3.67. The van der Waals surface area contributed by atoms with Gasteiger partial charge in [0.2, 0.25) is 11.7 Å². The molecule has 25 heavy (non-hydrogen) atoms. The molecule has 1 aliphatic heterocycles. The first-order valence-corrected chi connectivity index (χ1v) is 9.12. The number of nitrogens with zero attached hydrogens (tertiary/aromatic N) is 7. The number of hydrogen-bond donors (Lipinski definition) is 0. The lowest BCUT2D eigenvalue weighted by atomic mass is 9.96. The maximum Gasteiger partial charge on any atom is 0.225 e. The van der Waals surface area contributed by atoms with Crippen molar-refractivity contribution in [3.8, 4) is 11.5 Å². The molecule has 4 rings (SSSR count). The van der Waals surface area contributed by atoms with Crippen LogP contribution in [0.1, 0.15) is 38.5 Å². The van der Waals surface area contributed by atoms with Crippen molar-refractivity contribution in [2.45, 2.75) is 45.1 Å².